The number of rotatable bonds is 2. The van der Waals surface area contributed by atoms with Gasteiger partial charge in [-0.05, 0) is 31.5 Å². The van der Waals surface area contributed by atoms with Crippen LogP contribution in [0.3, 0.4) is 0 Å². The fourth-order valence-corrected chi connectivity index (χ4v) is 2.79. The van der Waals surface area contributed by atoms with Gasteiger partial charge in [0.25, 0.3) is 0 Å². The SMILES string of the molecule is CC1CCN(c2cccc(Br)c2)C(CO)C(=O)N1C. The highest BCUT2D eigenvalue weighted by Gasteiger charge is 2.33. The molecule has 104 valence electrons. The maximum absolute atomic E-state index is 12.4. The van der Waals surface area contributed by atoms with E-state index in [0.717, 1.165) is 23.1 Å². The predicted octanol–water partition coefficient (Wildman–Crippen LogP) is 1.87. The fourth-order valence-electron chi connectivity index (χ4n) is 2.40. The maximum atomic E-state index is 12.4. The van der Waals surface area contributed by atoms with Crippen LogP contribution < -0.4 is 4.90 Å². The molecule has 0 radical (unpaired) electrons. The predicted molar refractivity (Wildman–Crippen MR) is 79.2 cm³/mol. The summed E-state index contributed by atoms with van der Waals surface area (Å²) in [5, 5.41) is 9.59. The Balaban J connectivity index is 2.35. The molecule has 1 aromatic rings. The average molecular weight is 327 g/mol. The van der Waals surface area contributed by atoms with E-state index in [2.05, 4.69) is 15.9 Å². The Labute approximate surface area is 122 Å². The number of nitrogens with zero attached hydrogens (tertiary/aromatic N) is 2. The summed E-state index contributed by atoms with van der Waals surface area (Å²) in [5.41, 5.74) is 0.962. The van der Waals surface area contributed by atoms with E-state index in [1.54, 1.807) is 11.9 Å². The van der Waals surface area contributed by atoms with Gasteiger partial charge < -0.3 is 14.9 Å². The maximum Gasteiger partial charge on any atom is 0.247 e. The Kier molecular flexibility index (Phi) is 4.47. The van der Waals surface area contributed by atoms with E-state index in [1.165, 1.54) is 0 Å². The lowest BCUT2D eigenvalue weighted by Crippen LogP contribution is -2.48. The van der Waals surface area contributed by atoms with Crippen molar-refractivity contribution in [3.05, 3.63) is 28.7 Å². The first-order valence-corrected chi connectivity index (χ1v) is 7.23. The lowest BCUT2D eigenvalue weighted by atomic mass is 10.2. The first-order valence-electron chi connectivity index (χ1n) is 6.44. The molecule has 0 bridgehead atoms. The number of hydrogen-bond donors (Lipinski definition) is 1. The summed E-state index contributed by atoms with van der Waals surface area (Å²) in [5.74, 6) is -0.0209. The first kappa shape index (κ1) is 14.3. The minimum atomic E-state index is -0.496. The van der Waals surface area contributed by atoms with Gasteiger partial charge in [-0.2, -0.15) is 0 Å². The molecule has 0 spiro atoms. The van der Waals surface area contributed by atoms with Crippen molar-refractivity contribution in [3.63, 3.8) is 0 Å². The van der Waals surface area contributed by atoms with Gasteiger partial charge in [0, 0.05) is 29.8 Å². The van der Waals surface area contributed by atoms with Crippen LogP contribution in [0.2, 0.25) is 0 Å². The van der Waals surface area contributed by atoms with E-state index in [1.807, 2.05) is 36.1 Å². The molecule has 4 nitrogen and oxygen atoms in total. The number of aliphatic hydroxyl groups excluding tert-OH is 1. The Hall–Kier alpha value is -1.07. The van der Waals surface area contributed by atoms with E-state index >= 15 is 0 Å². The monoisotopic (exact) mass is 326 g/mol. The number of aliphatic hydroxyl groups is 1. The zero-order valence-corrected chi connectivity index (χ0v) is 12.8. The molecular formula is C14H19BrN2O2. The second-order valence-corrected chi connectivity index (χ2v) is 5.87. The molecular weight excluding hydrogens is 308 g/mol. The molecule has 2 unspecified atom stereocenters. The largest absolute Gasteiger partial charge is 0.394 e. The van der Waals surface area contributed by atoms with Crippen molar-refractivity contribution in [2.24, 2.45) is 0 Å². The van der Waals surface area contributed by atoms with Gasteiger partial charge >= 0.3 is 0 Å². The van der Waals surface area contributed by atoms with Crippen molar-refractivity contribution in [1.82, 2.24) is 4.90 Å². The third kappa shape index (κ3) is 2.92. The summed E-state index contributed by atoms with van der Waals surface area (Å²) < 4.78 is 0.972. The average Bonchev–Trinajstić information content (AvgIpc) is 2.50. The fraction of sp³-hybridized carbons (Fsp3) is 0.500. The van der Waals surface area contributed by atoms with Gasteiger partial charge in [-0.3, -0.25) is 4.79 Å². The van der Waals surface area contributed by atoms with Gasteiger partial charge in [-0.25, -0.2) is 0 Å². The molecule has 5 heteroatoms. The highest BCUT2D eigenvalue weighted by Crippen LogP contribution is 2.25. The Morgan fingerprint density at radius 1 is 1.47 bits per heavy atom. The summed E-state index contributed by atoms with van der Waals surface area (Å²) in [6, 6.07) is 7.54. The molecule has 0 aromatic heterocycles. The van der Waals surface area contributed by atoms with Crippen molar-refractivity contribution in [3.8, 4) is 0 Å². The number of likely N-dealkylation sites (N-methyl/N-ethyl adjacent to an activating group) is 1. The molecule has 2 rings (SSSR count). The number of halogens is 1. The summed E-state index contributed by atoms with van der Waals surface area (Å²) >= 11 is 3.44. The Bertz CT molecular complexity index is 467. The molecule has 2 atom stereocenters. The summed E-state index contributed by atoms with van der Waals surface area (Å²) in [6.07, 6.45) is 0.894. The van der Waals surface area contributed by atoms with Gasteiger partial charge in [0.05, 0.1) is 6.61 Å². The molecule has 1 heterocycles. The van der Waals surface area contributed by atoms with E-state index in [0.29, 0.717) is 0 Å². The van der Waals surface area contributed by atoms with Crippen LogP contribution in [-0.4, -0.2) is 48.2 Å². The lowest BCUT2D eigenvalue weighted by Gasteiger charge is -2.30. The van der Waals surface area contributed by atoms with E-state index in [-0.39, 0.29) is 18.6 Å². The van der Waals surface area contributed by atoms with Crippen molar-refractivity contribution >= 4 is 27.5 Å². The van der Waals surface area contributed by atoms with E-state index in [4.69, 9.17) is 0 Å². The van der Waals surface area contributed by atoms with Crippen LogP contribution in [0.1, 0.15) is 13.3 Å². The van der Waals surface area contributed by atoms with Gasteiger partial charge in [0.1, 0.15) is 6.04 Å². The third-order valence-corrected chi connectivity index (χ3v) is 4.26. The molecule has 1 aliphatic rings. The number of anilines is 1. The smallest absolute Gasteiger partial charge is 0.247 e. The number of hydrogen-bond acceptors (Lipinski definition) is 3. The molecule has 19 heavy (non-hydrogen) atoms. The van der Waals surface area contributed by atoms with Crippen LogP contribution in [0.5, 0.6) is 0 Å². The number of amides is 1. The van der Waals surface area contributed by atoms with Crippen LogP contribution in [0, 0.1) is 0 Å². The van der Waals surface area contributed by atoms with Gasteiger partial charge in [0.2, 0.25) is 5.91 Å². The Morgan fingerprint density at radius 2 is 2.21 bits per heavy atom. The van der Waals surface area contributed by atoms with Crippen molar-refractivity contribution in [2.45, 2.75) is 25.4 Å². The van der Waals surface area contributed by atoms with Crippen molar-refractivity contribution < 1.29 is 9.90 Å². The summed E-state index contributed by atoms with van der Waals surface area (Å²) in [7, 11) is 1.81. The molecule has 1 fully saturated rings. The number of carbonyl (C=O) groups is 1. The molecule has 0 saturated carbocycles. The molecule has 1 aliphatic heterocycles. The summed E-state index contributed by atoms with van der Waals surface area (Å²) in [6.45, 7) is 2.64. The second kappa shape index (κ2) is 5.92. The zero-order valence-electron chi connectivity index (χ0n) is 11.2. The quantitative estimate of drug-likeness (QED) is 0.902. The van der Waals surface area contributed by atoms with Crippen LogP contribution >= 0.6 is 15.9 Å². The number of carbonyl (C=O) groups excluding carboxylic acids is 1. The Morgan fingerprint density at radius 3 is 2.84 bits per heavy atom. The molecule has 1 aromatic carbocycles. The topological polar surface area (TPSA) is 43.8 Å². The molecule has 0 aliphatic carbocycles. The van der Waals surface area contributed by atoms with Crippen LogP contribution in [-0.2, 0) is 4.79 Å². The molecule has 1 N–H and O–H groups in total. The third-order valence-electron chi connectivity index (χ3n) is 3.77. The zero-order chi connectivity index (χ0) is 14.0. The van der Waals surface area contributed by atoms with Gasteiger partial charge in [-0.15, -0.1) is 0 Å². The van der Waals surface area contributed by atoms with Crippen LogP contribution in [0.4, 0.5) is 5.69 Å². The second-order valence-electron chi connectivity index (χ2n) is 4.96. The van der Waals surface area contributed by atoms with Crippen LogP contribution in [0.15, 0.2) is 28.7 Å². The normalized spacial score (nSPS) is 24.5. The highest BCUT2D eigenvalue weighted by molar-refractivity contribution is 9.10. The lowest BCUT2D eigenvalue weighted by molar-refractivity contribution is -0.133. The standard InChI is InChI=1S/C14H19BrN2O2/c1-10-6-7-17(12-5-3-4-11(15)8-12)13(9-18)14(19)16(10)2/h3-5,8,10,13,18H,6-7,9H2,1-2H3. The highest BCUT2D eigenvalue weighted by atomic mass is 79.9. The minimum Gasteiger partial charge on any atom is -0.394 e. The van der Waals surface area contributed by atoms with Crippen molar-refractivity contribution in [2.75, 3.05) is 25.1 Å². The number of benzene rings is 1. The van der Waals surface area contributed by atoms with Crippen LogP contribution in [0.25, 0.3) is 0 Å². The van der Waals surface area contributed by atoms with Gasteiger partial charge in [0.15, 0.2) is 0 Å². The minimum absolute atomic E-state index is 0.0209. The first-order chi connectivity index (χ1) is 9.04. The van der Waals surface area contributed by atoms with Gasteiger partial charge in [-0.1, -0.05) is 22.0 Å². The summed E-state index contributed by atoms with van der Waals surface area (Å²) in [4.78, 5) is 16.1. The van der Waals surface area contributed by atoms with E-state index in [9.17, 15) is 9.90 Å². The molecule has 1 amide bonds. The van der Waals surface area contributed by atoms with Crippen molar-refractivity contribution in [1.29, 1.82) is 0 Å². The molecule has 1 saturated heterocycles. The van der Waals surface area contributed by atoms with E-state index < -0.39 is 6.04 Å².